The van der Waals surface area contributed by atoms with Crippen LogP contribution in [0.5, 0.6) is 17.2 Å². The first-order valence-corrected chi connectivity index (χ1v) is 6.15. The number of imidazole rings is 1. The molecule has 108 valence electrons. The van der Waals surface area contributed by atoms with E-state index in [1.807, 2.05) is 0 Å². The predicted octanol–water partition coefficient (Wildman–Crippen LogP) is 1.71. The number of methoxy groups -OCH3 is 3. The van der Waals surface area contributed by atoms with Crippen molar-refractivity contribution in [3.8, 4) is 17.2 Å². The molecule has 0 fully saturated rings. The summed E-state index contributed by atoms with van der Waals surface area (Å²) >= 11 is 0. The maximum absolute atomic E-state index is 10.4. The number of nitrogens with one attached hydrogen (secondary N) is 1. The Labute approximate surface area is 117 Å². The summed E-state index contributed by atoms with van der Waals surface area (Å²) in [7, 11) is 4.64. The van der Waals surface area contributed by atoms with Gasteiger partial charge in [0.05, 0.1) is 33.0 Å². The van der Waals surface area contributed by atoms with Gasteiger partial charge < -0.3 is 24.3 Å². The maximum atomic E-state index is 10.4. The minimum atomic E-state index is -0.794. The summed E-state index contributed by atoms with van der Waals surface area (Å²) < 4.78 is 15.8. The molecule has 1 heterocycles. The van der Waals surface area contributed by atoms with Crippen LogP contribution in [0.4, 0.5) is 0 Å². The number of aromatic nitrogens is 2. The Morgan fingerprint density at radius 2 is 1.80 bits per heavy atom. The van der Waals surface area contributed by atoms with E-state index in [0.29, 0.717) is 35.1 Å². The molecule has 2 rings (SSSR count). The fourth-order valence-corrected chi connectivity index (χ4v) is 2.06. The van der Waals surface area contributed by atoms with Crippen LogP contribution in [0.1, 0.15) is 17.5 Å². The third-order valence-corrected chi connectivity index (χ3v) is 3.03. The van der Waals surface area contributed by atoms with E-state index in [2.05, 4.69) is 9.97 Å². The molecule has 0 saturated heterocycles. The zero-order chi connectivity index (χ0) is 14.5. The number of benzene rings is 1. The Morgan fingerprint density at radius 1 is 1.15 bits per heavy atom. The molecule has 0 radical (unpaired) electrons. The second kappa shape index (κ2) is 6.29. The molecule has 0 spiro atoms. The summed E-state index contributed by atoms with van der Waals surface area (Å²) in [5, 5.41) is 10.4. The largest absolute Gasteiger partial charge is 0.496 e. The van der Waals surface area contributed by atoms with E-state index in [4.69, 9.17) is 14.2 Å². The molecule has 1 aromatic carbocycles. The van der Waals surface area contributed by atoms with Crippen molar-refractivity contribution in [2.45, 2.75) is 12.5 Å². The van der Waals surface area contributed by atoms with Gasteiger partial charge in [-0.1, -0.05) is 0 Å². The van der Waals surface area contributed by atoms with Crippen LogP contribution in [0.3, 0.4) is 0 Å². The number of H-pyrrole nitrogens is 1. The van der Waals surface area contributed by atoms with Gasteiger partial charge in [0.2, 0.25) is 0 Å². The predicted molar refractivity (Wildman–Crippen MR) is 73.3 cm³/mol. The number of aromatic amines is 1. The molecule has 2 N–H and O–H groups in total. The zero-order valence-electron chi connectivity index (χ0n) is 11.7. The lowest BCUT2D eigenvalue weighted by Gasteiger charge is -2.18. The van der Waals surface area contributed by atoms with Crippen molar-refractivity contribution in [2.75, 3.05) is 21.3 Å². The molecule has 0 aliphatic rings. The first-order valence-electron chi connectivity index (χ1n) is 6.15. The summed E-state index contributed by atoms with van der Waals surface area (Å²) in [5.74, 6) is 2.32. The molecule has 6 heteroatoms. The second-order valence-electron chi connectivity index (χ2n) is 4.20. The lowest BCUT2D eigenvalue weighted by molar-refractivity contribution is 0.167. The number of hydrogen-bond acceptors (Lipinski definition) is 5. The number of aliphatic hydroxyl groups excluding tert-OH is 1. The van der Waals surface area contributed by atoms with E-state index >= 15 is 0 Å². The van der Waals surface area contributed by atoms with Gasteiger partial charge in [-0.05, 0) is 0 Å². The van der Waals surface area contributed by atoms with Gasteiger partial charge in [-0.25, -0.2) is 4.98 Å². The van der Waals surface area contributed by atoms with Gasteiger partial charge in [-0.15, -0.1) is 0 Å². The highest BCUT2D eigenvalue weighted by Gasteiger charge is 2.21. The molecule has 20 heavy (non-hydrogen) atoms. The third kappa shape index (κ3) is 2.85. The average Bonchev–Trinajstić information content (AvgIpc) is 2.98. The first kappa shape index (κ1) is 14.2. The summed E-state index contributed by atoms with van der Waals surface area (Å²) in [6.45, 7) is 0. The smallest absolute Gasteiger partial charge is 0.132 e. The van der Waals surface area contributed by atoms with Gasteiger partial charge in [-0.3, -0.25) is 0 Å². The van der Waals surface area contributed by atoms with Crippen LogP contribution in [-0.2, 0) is 6.42 Å². The molecule has 0 aliphatic heterocycles. The average molecular weight is 278 g/mol. The topological polar surface area (TPSA) is 76.6 Å². The molecule has 6 nitrogen and oxygen atoms in total. The van der Waals surface area contributed by atoms with Crippen molar-refractivity contribution >= 4 is 0 Å². The van der Waals surface area contributed by atoms with Crippen LogP contribution in [0.2, 0.25) is 0 Å². The minimum Gasteiger partial charge on any atom is -0.496 e. The fraction of sp³-hybridized carbons (Fsp3) is 0.357. The molecule has 1 aromatic heterocycles. The van der Waals surface area contributed by atoms with Crippen molar-refractivity contribution in [2.24, 2.45) is 0 Å². The standard InChI is InChI=1S/C14H18N2O4/c1-18-9-6-11(19-2)14(12(7-9)20-3)10(17)8-13-15-4-5-16-13/h4-7,10,17H,8H2,1-3H3,(H,15,16). The van der Waals surface area contributed by atoms with Crippen molar-refractivity contribution in [1.29, 1.82) is 0 Å². The van der Waals surface area contributed by atoms with Gasteiger partial charge in [0.25, 0.3) is 0 Å². The minimum absolute atomic E-state index is 0.339. The quantitative estimate of drug-likeness (QED) is 0.841. The normalized spacial score (nSPS) is 12.0. The molecular weight excluding hydrogens is 260 g/mol. The van der Waals surface area contributed by atoms with Crippen LogP contribution in [-0.4, -0.2) is 36.4 Å². The summed E-state index contributed by atoms with van der Waals surface area (Å²) in [5.41, 5.74) is 0.576. The second-order valence-corrected chi connectivity index (χ2v) is 4.20. The van der Waals surface area contributed by atoms with E-state index in [1.165, 1.54) is 14.2 Å². The number of ether oxygens (including phenoxy) is 3. The Balaban J connectivity index is 2.37. The van der Waals surface area contributed by atoms with Gasteiger partial charge in [0.15, 0.2) is 0 Å². The molecule has 0 bridgehead atoms. The summed E-state index contributed by atoms with van der Waals surface area (Å²) in [4.78, 5) is 7.06. The fourth-order valence-electron chi connectivity index (χ4n) is 2.06. The number of aliphatic hydroxyl groups is 1. The van der Waals surface area contributed by atoms with E-state index in [0.717, 1.165) is 0 Å². The van der Waals surface area contributed by atoms with Gasteiger partial charge >= 0.3 is 0 Å². The Kier molecular flexibility index (Phi) is 4.47. The highest BCUT2D eigenvalue weighted by Crippen LogP contribution is 2.39. The van der Waals surface area contributed by atoms with Crippen LogP contribution in [0.25, 0.3) is 0 Å². The molecule has 2 aromatic rings. The zero-order valence-corrected chi connectivity index (χ0v) is 11.7. The molecule has 0 aliphatic carbocycles. The highest BCUT2D eigenvalue weighted by molar-refractivity contribution is 5.52. The number of hydrogen-bond donors (Lipinski definition) is 2. The highest BCUT2D eigenvalue weighted by atomic mass is 16.5. The lowest BCUT2D eigenvalue weighted by Crippen LogP contribution is -2.08. The van der Waals surface area contributed by atoms with Crippen molar-refractivity contribution < 1.29 is 19.3 Å². The van der Waals surface area contributed by atoms with Gasteiger partial charge in [0.1, 0.15) is 23.1 Å². The summed E-state index contributed by atoms with van der Waals surface area (Å²) in [6.07, 6.45) is 2.90. The van der Waals surface area contributed by atoms with Gasteiger partial charge in [-0.2, -0.15) is 0 Å². The molecule has 1 atom stereocenters. The monoisotopic (exact) mass is 278 g/mol. The summed E-state index contributed by atoms with van der Waals surface area (Å²) in [6, 6.07) is 3.42. The van der Waals surface area contributed by atoms with Crippen molar-refractivity contribution in [3.63, 3.8) is 0 Å². The molecule has 1 unspecified atom stereocenters. The van der Waals surface area contributed by atoms with Crippen LogP contribution < -0.4 is 14.2 Å². The Bertz CT molecular complexity index is 529. The molecule has 0 amide bonds. The number of nitrogens with zero attached hydrogens (tertiary/aromatic N) is 1. The SMILES string of the molecule is COc1cc(OC)c(C(O)Cc2ncc[nH]2)c(OC)c1. The van der Waals surface area contributed by atoms with Crippen molar-refractivity contribution in [3.05, 3.63) is 35.9 Å². The number of rotatable bonds is 6. The Morgan fingerprint density at radius 3 is 2.25 bits per heavy atom. The van der Waals surface area contributed by atoms with Crippen LogP contribution >= 0.6 is 0 Å². The maximum Gasteiger partial charge on any atom is 0.132 e. The van der Waals surface area contributed by atoms with Crippen LogP contribution in [0.15, 0.2) is 24.5 Å². The van der Waals surface area contributed by atoms with E-state index in [-0.39, 0.29) is 0 Å². The Hall–Kier alpha value is -2.21. The van der Waals surface area contributed by atoms with Crippen molar-refractivity contribution in [1.82, 2.24) is 9.97 Å². The lowest BCUT2D eigenvalue weighted by atomic mass is 10.0. The third-order valence-electron chi connectivity index (χ3n) is 3.03. The first-order chi connectivity index (χ1) is 9.69. The molecular formula is C14H18N2O4. The van der Waals surface area contributed by atoms with E-state index < -0.39 is 6.10 Å². The molecule has 0 saturated carbocycles. The van der Waals surface area contributed by atoms with Gasteiger partial charge in [0, 0.05) is 30.9 Å². The van der Waals surface area contributed by atoms with Crippen LogP contribution in [0, 0.1) is 0 Å². The van der Waals surface area contributed by atoms with E-state index in [1.54, 1.807) is 31.6 Å². The van der Waals surface area contributed by atoms with E-state index in [9.17, 15) is 5.11 Å².